The van der Waals surface area contributed by atoms with E-state index < -0.39 is 29.4 Å². The molecular formula is C32H30ClFN4O6. The SMILES string of the molecule is COC(=O)Cc1ccc2c(c1)NC(=O)CCCCC(C(=O)N1CC[C@@]3(C1)OC(=O)Nc1ccc(Cl)c(F)c13)c1ccnc-2c1. The van der Waals surface area contributed by atoms with E-state index in [-0.39, 0.29) is 60.4 Å². The van der Waals surface area contributed by atoms with E-state index in [1.807, 2.05) is 6.07 Å². The molecule has 2 bridgehead atoms. The Morgan fingerprint density at radius 3 is 2.80 bits per heavy atom. The molecule has 6 rings (SSSR count). The summed E-state index contributed by atoms with van der Waals surface area (Å²) in [7, 11) is 1.32. The van der Waals surface area contributed by atoms with Gasteiger partial charge in [0.25, 0.3) is 0 Å². The summed E-state index contributed by atoms with van der Waals surface area (Å²) in [6.07, 6.45) is 3.04. The zero-order valence-electron chi connectivity index (χ0n) is 24.0. The fraction of sp³-hybridized carbons (Fsp3) is 0.344. The van der Waals surface area contributed by atoms with Crippen LogP contribution in [0, 0.1) is 5.82 Å². The van der Waals surface area contributed by atoms with Gasteiger partial charge in [0.2, 0.25) is 11.8 Å². The number of fused-ring (bicyclic) bond motifs is 6. The lowest BCUT2D eigenvalue weighted by Gasteiger charge is -2.36. The van der Waals surface area contributed by atoms with E-state index in [1.165, 1.54) is 19.2 Å². The van der Waals surface area contributed by atoms with Gasteiger partial charge in [-0.2, -0.15) is 0 Å². The Labute approximate surface area is 257 Å². The number of anilines is 2. The third-order valence-corrected chi connectivity index (χ3v) is 8.75. The normalized spacial score (nSPS) is 21.2. The number of ether oxygens (including phenoxy) is 2. The summed E-state index contributed by atoms with van der Waals surface area (Å²) < 4.78 is 25.8. The lowest BCUT2D eigenvalue weighted by Crippen LogP contribution is -2.44. The predicted octanol–water partition coefficient (Wildman–Crippen LogP) is 5.54. The van der Waals surface area contributed by atoms with Crippen molar-refractivity contribution in [2.24, 2.45) is 0 Å². The highest BCUT2D eigenvalue weighted by atomic mass is 35.5. The van der Waals surface area contributed by atoms with Gasteiger partial charge in [0.05, 0.1) is 53.6 Å². The molecule has 1 saturated heterocycles. The number of pyridine rings is 1. The number of nitrogens with one attached hydrogen (secondary N) is 2. The summed E-state index contributed by atoms with van der Waals surface area (Å²) in [5.41, 5.74) is 2.17. The zero-order chi connectivity index (χ0) is 31.0. The Kier molecular flexibility index (Phi) is 7.98. The topological polar surface area (TPSA) is 127 Å². The van der Waals surface area contributed by atoms with Crippen molar-refractivity contribution in [2.45, 2.75) is 50.0 Å². The van der Waals surface area contributed by atoms with Gasteiger partial charge in [-0.3, -0.25) is 24.7 Å². The molecule has 0 aliphatic carbocycles. The number of hydrogen-bond donors (Lipinski definition) is 2. The average Bonchev–Trinajstić information content (AvgIpc) is 3.41. The molecule has 1 aromatic heterocycles. The molecule has 2 atom stereocenters. The van der Waals surface area contributed by atoms with E-state index in [0.29, 0.717) is 41.8 Å². The number of carbonyl (C=O) groups excluding carboxylic acids is 4. The second kappa shape index (κ2) is 11.9. The number of aromatic nitrogens is 1. The molecule has 3 aliphatic heterocycles. The van der Waals surface area contributed by atoms with Crippen LogP contribution in [0.25, 0.3) is 11.3 Å². The van der Waals surface area contributed by atoms with Gasteiger partial charge in [-0.25, -0.2) is 9.18 Å². The van der Waals surface area contributed by atoms with Crippen LogP contribution in [-0.2, 0) is 35.9 Å². The van der Waals surface area contributed by atoms with E-state index in [9.17, 15) is 19.2 Å². The lowest BCUT2D eigenvalue weighted by atomic mass is 9.89. The van der Waals surface area contributed by atoms with Crippen molar-refractivity contribution in [2.75, 3.05) is 30.8 Å². The van der Waals surface area contributed by atoms with Crippen molar-refractivity contribution in [1.82, 2.24) is 9.88 Å². The number of amides is 3. The third-order valence-electron chi connectivity index (χ3n) is 8.46. The Hall–Kier alpha value is -4.51. The molecule has 0 radical (unpaired) electrons. The van der Waals surface area contributed by atoms with E-state index in [4.69, 9.17) is 21.1 Å². The van der Waals surface area contributed by atoms with Crippen molar-refractivity contribution in [3.63, 3.8) is 0 Å². The van der Waals surface area contributed by atoms with E-state index in [0.717, 1.165) is 5.56 Å². The first kappa shape index (κ1) is 29.6. The van der Waals surface area contributed by atoms with Gasteiger partial charge in [0.1, 0.15) is 0 Å². The average molecular weight is 621 g/mol. The quantitative estimate of drug-likeness (QED) is 0.368. The van der Waals surface area contributed by atoms with Crippen LogP contribution in [0.3, 0.4) is 0 Å². The second-order valence-electron chi connectivity index (χ2n) is 11.3. The highest BCUT2D eigenvalue weighted by Crippen LogP contribution is 2.46. The summed E-state index contributed by atoms with van der Waals surface area (Å²) in [6.45, 7) is 0.228. The molecule has 12 heteroatoms. The number of benzene rings is 2. The Morgan fingerprint density at radius 1 is 1.14 bits per heavy atom. The Bertz CT molecular complexity index is 1680. The maximum absolute atomic E-state index is 15.3. The van der Waals surface area contributed by atoms with Crippen LogP contribution in [0.2, 0.25) is 5.02 Å². The van der Waals surface area contributed by atoms with E-state index >= 15 is 4.39 Å². The minimum Gasteiger partial charge on any atom is -0.469 e. The van der Waals surface area contributed by atoms with Crippen LogP contribution < -0.4 is 10.6 Å². The molecule has 1 spiro atoms. The van der Waals surface area contributed by atoms with Crippen LogP contribution in [-0.4, -0.2) is 54.0 Å². The van der Waals surface area contributed by atoms with Crippen LogP contribution in [0.5, 0.6) is 0 Å². The molecule has 44 heavy (non-hydrogen) atoms. The summed E-state index contributed by atoms with van der Waals surface area (Å²) in [5.74, 6) is -2.03. The standard InChI is InChI=1S/C32H30ClFN4O6/c1-43-27(40)15-18-6-7-21-24-16-19(10-12-35-24)20(4-2-3-5-26(39)36-25(21)14-18)30(41)38-13-11-32(17-38)28-23(37-31(42)44-32)9-8-22(33)29(28)34/h6-10,12,14,16,20H,2-5,11,13,15,17H2,1H3,(H,36,39)(H,37,42)/t20?,32-/m0/s1. The molecule has 1 fully saturated rings. The summed E-state index contributed by atoms with van der Waals surface area (Å²) >= 11 is 6.09. The molecule has 3 amide bonds. The van der Waals surface area contributed by atoms with Gasteiger partial charge in [-0.1, -0.05) is 30.2 Å². The molecule has 10 nitrogen and oxygen atoms in total. The number of carbonyl (C=O) groups is 4. The van der Waals surface area contributed by atoms with Gasteiger partial charge < -0.3 is 19.7 Å². The lowest BCUT2D eigenvalue weighted by molar-refractivity contribution is -0.139. The number of nitrogens with zero attached hydrogens (tertiary/aromatic N) is 2. The van der Waals surface area contributed by atoms with Gasteiger partial charge in [-0.15, -0.1) is 0 Å². The number of esters is 1. The predicted molar refractivity (Wildman–Crippen MR) is 160 cm³/mol. The molecule has 3 aliphatic rings. The molecular weight excluding hydrogens is 591 g/mol. The number of rotatable bonds is 3. The van der Waals surface area contributed by atoms with Gasteiger partial charge in [0, 0.05) is 31.1 Å². The first-order valence-electron chi connectivity index (χ1n) is 14.4. The summed E-state index contributed by atoms with van der Waals surface area (Å²) in [4.78, 5) is 57.5. The number of likely N-dealkylation sites (tertiary alicyclic amines) is 1. The maximum Gasteiger partial charge on any atom is 0.412 e. The minimum atomic E-state index is -1.37. The summed E-state index contributed by atoms with van der Waals surface area (Å²) in [6, 6.07) is 11.8. The highest BCUT2D eigenvalue weighted by Gasteiger charge is 2.51. The highest BCUT2D eigenvalue weighted by molar-refractivity contribution is 6.31. The second-order valence-corrected chi connectivity index (χ2v) is 11.7. The van der Waals surface area contributed by atoms with Crippen molar-refractivity contribution in [3.8, 4) is 11.3 Å². The first-order valence-corrected chi connectivity index (χ1v) is 14.8. The molecule has 2 N–H and O–H groups in total. The van der Waals surface area contributed by atoms with Crippen LogP contribution in [0.4, 0.5) is 20.6 Å². The smallest absolute Gasteiger partial charge is 0.412 e. The fourth-order valence-corrected chi connectivity index (χ4v) is 6.46. The van der Waals surface area contributed by atoms with Crippen LogP contribution >= 0.6 is 11.6 Å². The van der Waals surface area contributed by atoms with Gasteiger partial charge in [-0.05, 0) is 54.3 Å². The Balaban J connectivity index is 1.33. The fourth-order valence-electron chi connectivity index (χ4n) is 6.30. The summed E-state index contributed by atoms with van der Waals surface area (Å²) in [5, 5.41) is 5.39. The Morgan fingerprint density at radius 2 is 1.98 bits per heavy atom. The van der Waals surface area contributed by atoms with E-state index in [2.05, 4.69) is 15.6 Å². The molecule has 4 heterocycles. The largest absolute Gasteiger partial charge is 0.469 e. The van der Waals surface area contributed by atoms with Crippen LogP contribution in [0.15, 0.2) is 48.7 Å². The van der Waals surface area contributed by atoms with E-state index in [1.54, 1.807) is 35.4 Å². The molecule has 1 unspecified atom stereocenters. The monoisotopic (exact) mass is 620 g/mol. The maximum atomic E-state index is 15.3. The van der Waals surface area contributed by atoms with Gasteiger partial charge in [0.15, 0.2) is 11.4 Å². The van der Waals surface area contributed by atoms with Crippen molar-refractivity contribution in [3.05, 3.63) is 76.2 Å². The molecule has 2 aromatic carbocycles. The van der Waals surface area contributed by atoms with Crippen LogP contribution in [0.1, 0.15) is 54.7 Å². The molecule has 3 aromatic rings. The first-order chi connectivity index (χ1) is 21.2. The molecule has 0 saturated carbocycles. The zero-order valence-corrected chi connectivity index (χ0v) is 24.7. The number of hydrogen-bond acceptors (Lipinski definition) is 7. The minimum absolute atomic E-state index is 0.0217. The molecule has 228 valence electrons. The number of halogens is 2. The van der Waals surface area contributed by atoms with Crippen molar-refractivity contribution >= 4 is 46.9 Å². The van der Waals surface area contributed by atoms with Crippen molar-refractivity contribution < 1.29 is 33.0 Å². The number of methoxy groups -OCH3 is 1. The van der Waals surface area contributed by atoms with Gasteiger partial charge >= 0.3 is 12.1 Å². The van der Waals surface area contributed by atoms with Crippen molar-refractivity contribution in [1.29, 1.82) is 0 Å². The third kappa shape index (κ3) is 5.59.